The van der Waals surface area contributed by atoms with Crippen LogP contribution in [0.25, 0.3) is 0 Å². The second kappa shape index (κ2) is 9.59. The van der Waals surface area contributed by atoms with Gasteiger partial charge in [-0.25, -0.2) is 0 Å². The maximum Gasteiger partial charge on any atom is 0.236 e. The number of amides is 1. The van der Waals surface area contributed by atoms with Crippen molar-refractivity contribution < 1.29 is 4.79 Å². The molecule has 0 radical (unpaired) electrons. The fraction of sp³-hybridized carbons (Fsp3) is 0.923. The third-order valence-electron chi connectivity index (χ3n) is 3.58. The third kappa shape index (κ3) is 6.03. The quantitative estimate of drug-likeness (QED) is 0.774. The van der Waals surface area contributed by atoms with E-state index in [2.05, 4.69) is 17.1 Å². The van der Waals surface area contributed by atoms with Crippen LogP contribution in [-0.4, -0.2) is 42.5 Å². The molecule has 108 valence electrons. The lowest BCUT2D eigenvalue weighted by Gasteiger charge is -2.33. The van der Waals surface area contributed by atoms with E-state index in [9.17, 15) is 4.79 Å². The smallest absolute Gasteiger partial charge is 0.236 e. The summed E-state index contributed by atoms with van der Waals surface area (Å²) in [6.07, 6.45) is 5.63. The normalized spacial score (nSPS) is 22.1. The Hall–Kier alpha value is -0.320. The standard InChI is InChI=1S/C13H27N3O.ClH/c1-3-6-12(14)13(17)15-8-10-16-9-5-4-7-11(16)2;/h11-12H,3-10,14H2,1-2H3,(H,15,17);1H. The summed E-state index contributed by atoms with van der Waals surface area (Å²) < 4.78 is 0. The number of hydrogen-bond donors (Lipinski definition) is 2. The lowest BCUT2D eigenvalue weighted by Crippen LogP contribution is -2.46. The number of likely N-dealkylation sites (tertiary alicyclic amines) is 1. The summed E-state index contributed by atoms with van der Waals surface area (Å²) in [5, 5.41) is 2.93. The molecule has 0 spiro atoms. The van der Waals surface area contributed by atoms with E-state index in [-0.39, 0.29) is 24.4 Å². The van der Waals surface area contributed by atoms with Gasteiger partial charge in [-0.2, -0.15) is 0 Å². The largest absolute Gasteiger partial charge is 0.353 e. The van der Waals surface area contributed by atoms with Gasteiger partial charge in [0.2, 0.25) is 5.91 Å². The van der Waals surface area contributed by atoms with E-state index >= 15 is 0 Å². The van der Waals surface area contributed by atoms with Crippen molar-refractivity contribution in [2.45, 2.75) is 58.0 Å². The summed E-state index contributed by atoms with van der Waals surface area (Å²) in [6.45, 7) is 7.15. The second-order valence-corrected chi connectivity index (χ2v) is 5.07. The summed E-state index contributed by atoms with van der Waals surface area (Å²) in [7, 11) is 0. The van der Waals surface area contributed by atoms with Crippen LogP contribution in [0.1, 0.15) is 46.0 Å². The van der Waals surface area contributed by atoms with Crippen LogP contribution in [0.5, 0.6) is 0 Å². The van der Waals surface area contributed by atoms with E-state index in [1.807, 2.05) is 6.92 Å². The number of halogens is 1. The molecule has 0 saturated carbocycles. The van der Waals surface area contributed by atoms with Crippen LogP contribution in [0, 0.1) is 0 Å². The number of rotatable bonds is 6. The molecule has 1 fully saturated rings. The Balaban J connectivity index is 0.00000289. The molecule has 1 saturated heterocycles. The lowest BCUT2D eigenvalue weighted by atomic mass is 10.0. The summed E-state index contributed by atoms with van der Waals surface area (Å²) in [6, 6.07) is 0.323. The van der Waals surface area contributed by atoms with Gasteiger partial charge in [0.1, 0.15) is 0 Å². The topological polar surface area (TPSA) is 58.4 Å². The Morgan fingerprint density at radius 1 is 1.50 bits per heavy atom. The summed E-state index contributed by atoms with van der Waals surface area (Å²) >= 11 is 0. The summed E-state index contributed by atoms with van der Waals surface area (Å²) in [5.41, 5.74) is 5.75. The molecule has 0 aromatic carbocycles. The van der Waals surface area contributed by atoms with Crippen molar-refractivity contribution in [2.75, 3.05) is 19.6 Å². The number of carbonyl (C=O) groups excluding carboxylic acids is 1. The van der Waals surface area contributed by atoms with Gasteiger partial charge in [0.15, 0.2) is 0 Å². The third-order valence-corrected chi connectivity index (χ3v) is 3.58. The predicted molar refractivity (Wildman–Crippen MR) is 78.0 cm³/mol. The molecule has 18 heavy (non-hydrogen) atoms. The number of piperidine rings is 1. The molecule has 1 aliphatic heterocycles. The van der Waals surface area contributed by atoms with Gasteiger partial charge in [-0.05, 0) is 32.7 Å². The Bertz CT molecular complexity index is 238. The van der Waals surface area contributed by atoms with Crippen molar-refractivity contribution in [3.8, 4) is 0 Å². The van der Waals surface area contributed by atoms with Crippen LogP contribution >= 0.6 is 12.4 Å². The molecule has 1 heterocycles. The summed E-state index contributed by atoms with van der Waals surface area (Å²) in [5.74, 6) is -0.00323. The van der Waals surface area contributed by atoms with Crippen LogP contribution in [0.15, 0.2) is 0 Å². The van der Waals surface area contributed by atoms with Crippen LogP contribution in [0.4, 0.5) is 0 Å². The Morgan fingerprint density at radius 3 is 2.83 bits per heavy atom. The fourth-order valence-electron chi connectivity index (χ4n) is 2.39. The van der Waals surface area contributed by atoms with E-state index < -0.39 is 0 Å². The minimum Gasteiger partial charge on any atom is -0.353 e. The SMILES string of the molecule is CCCC(N)C(=O)NCCN1CCCCC1C.Cl. The minimum absolute atomic E-state index is 0. The van der Waals surface area contributed by atoms with Crippen molar-refractivity contribution in [1.29, 1.82) is 0 Å². The molecule has 4 nitrogen and oxygen atoms in total. The van der Waals surface area contributed by atoms with Gasteiger partial charge >= 0.3 is 0 Å². The predicted octanol–water partition coefficient (Wildman–Crippen LogP) is 1.53. The molecule has 0 bridgehead atoms. The van der Waals surface area contributed by atoms with E-state index in [0.717, 1.165) is 32.5 Å². The second-order valence-electron chi connectivity index (χ2n) is 5.07. The van der Waals surface area contributed by atoms with E-state index in [0.29, 0.717) is 6.04 Å². The van der Waals surface area contributed by atoms with Crippen LogP contribution in [0.3, 0.4) is 0 Å². The van der Waals surface area contributed by atoms with E-state index in [1.165, 1.54) is 19.3 Å². The molecular weight excluding hydrogens is 250 g/mol. The van der Waals surface area contributed by atoms with Gasteiger partial charge in [0.25, 0.3) is 0 Å². The molecule has 1 amide bonds. The highest BCUT2D eigenvalue weighted by Gasteiger charge is 2.18. The van der Waals surface area contributed by atoms with E-state index in [1.54, 1.807) is 0 Å². The van der Waals surface area contributed by atoms with Gasteiger partial charge in [0.05, 0.1) is 6.04 Å². The van der Waals surface area contributed by atoms with Gasteiger partial charge < -0.3 is 11.1 Å². The lowest BCUT2D eigenvalue weighted by molar-refractivity contribution is -0.122. The monoisotopic (exact) mass is 277 g/mol. The Labute approximate surface area is 117 Å². The fourth-order valence-corrected chi connectivity index (χ4v) is 2.39. The van der Waals surface area contributed by atoms with Crippen molar-refractivity contribution in [3.05, 3.63) is 0 Å². The van der Waals surface area contributed by atoms with Gasteiger partial charge in [-0.3, -0.25) is 9.69 Å². The molecule has 0 aliphatic carbocycles. The molecule has 2 atom stereocenters. The molecule has 1 aliphatic rings. The molecule has 3 N–H and O–H groups in total. The maximum absolute atomic E-state index is 11.6. The van der Waals surface area contributed by atoms with E-state index in [4.69, 9.17) is 5.73 Å². The molecule has 5 heteroatoms. The zero-order valence-corrected chi connectivity index (χ0v) is 12.5. The average Bonchev–Trinajstić information content (AvgIpc) is 2.31. The first-order valence-corrected chi connectivity index (χ1v) is 6.92. The van der Waals surface area contributed by atoms with Crippen molar-refractivity contribution >= 4 is 18.3 Å². The Kier molecular flexibility index (Phi) is 9.42. The van der Waals surface area contributed by atoms with Crippen LogP contribution in [-0.2, 0) is 4.79 Å². The van der Waals surface area contributed by atoms with Crippen LogP contribution < -0.4 is 11.1 Å². The minimum atomic E-state index is -0.334. The molecule has 0 aromatic rings. The highest BCUT2D eigenvalue weighted by molar-refractivity contribution is 5.85. The van der Waals surface area contributed by atoms with Crippen molar-refractivity contribution in [3.63, 3.8) is 0 Å². The van der Waals surface area contributed by atoms with Crippen molar-refractivity contribution in [1.82, 2.24) is 10.2 Å². The van der Waals surface area contributed by atoms with Gasteiger partial charge in [-0.1, -0.05) is 19.8 Å². The average molecular weight is 278 g/mol. The number of nitrogens with zero attached hydrogens (tertiary/aromatic N) is 1. The zero-order chi connectivity index (χ0) is 12.7. The first kappa shape index (κ1) is 17.7. The molecule has 0 aromatic heterocycles. The first-order chi connectivity index (χ1) is 8.15. The van der Waals surface area contributed by atoms with Crippen LogP contribution in [0.2, 0.25) is 0 Å². The van der Waals surface area contributed by atoms with Gasteiger partial charge in [-0.15, -0.1) is 12.4 Å². The number of carbonyl (C=O) groups is 1. The Morgan fingerprint density at radius 2 is 2.22 bits per heavy atom. The number of nitrogens with two attached hydrogens (primary N) is 1. The number of nitrogens with one attached hydrogen (secondary N) is 1. The summed E-state index contributed by atoms with van der Waals surface area (Å²) in [4.78, 5) is 14.1. The molecule has 2 unspecified atom stereocenters. The molecule has 1 rings (SSSR count). The zero-order valence-electron chi connectivity index (χ0n) is 11.7. The highest BCUT2D eigenvalue weighted by Crippen LogP contribution is 2.15. The van der Waals surface area contributed by atoms with Gasteiger partial charge in [0, 0.05) is 19.1 Å². The maximum atomic E-state index is 11.6. The first-order valence-electron chi connectivity index (χ1n) is 6.92. The van der Waals surface area contributed by atoms with Crippen molar-refractivity contribution in [2.24, 2.45) is 5.73 Å². The molecular formula is C13H28ClN3O. The number of hydrogen-bond acceptors (Lipinski definition) is 3. The highest BCUT2D eigenvalue weighted by atomic mass is 35.5.